The van der Waals surface area contributed by atoms with Crippen molar-refractivity contribution in [3.05, 3.63) is 33.4 Å². The normalized spacial score (nSPS) is 17.3. The van der Waals surface area contributed by atoms with Gasteiger partial charge in [0.15, 0.2) is 5.16 Å². The molecule has 152 valence electrons. The van der Waals surface area contributed by atoms with E-state index < -0.39 is 0 Å². The van der Waals surface area contributed by atoms with Crippen LogP contribution in [0.4, 0.5) is 0 Å². The molecule has 0 aliphatic heterocycles. The minimum absolute atomic E-state index is 0.000729. The van der Waals surface area contributed by atoms with Crippen LogP contribution in [0.25, 0.3) is 10.2 Å². The number of thiophene rings is 1. The molecule has 2 heterocycles. The van der Waals surface area contributed by atoms with Crippen molar-refractivity contribution in [2.45, 2.75) is 70.6 Å². The van der Waals surface area contributed by atoms with Gasteiger partial charge in [-0.15, -0.1) is 17.9 Å². The molecule has 2 aromatic heterocycles. The van der Waals surface area contributed by atoms with E-state index >= 15 is 0 Å². The van der Waals surface area contributed by atoms with Crippen LogP contribution in [-0.4, -0.2) is 27.3 Å². The summed E-state index contributed by atoms with van der Waals surface area (Å²) >= 11 is 2.98. The van der Waals surface area contributed by atoms with Gasteiger partial charge in [0, 0.05) is 17.5 Å². The minimum Gasteiger partial charge on any atom is -0.353 e. The van der Waals surface area contributed by atoms with Crippen molar-refractivity contribution in [1.29, 1.82) is 0 Å². The summed E-state index contributed by atoms with van der Waals surface area (Å²) in [6.45, 7) is 10.6. The summed E-state index contributed by atoms with van der Waals surface area (Å²) in [6.07, 6.45) is 6.80. The van der Waals surface area contributed by atoms with Crippen LogP contribution >= 0.6 is 23.1 Å². The number of thioether (sulfide) groups is 1. The van der Waals surface area contributed by atoms with E-state index in [4.69, 9.17) is 4.98 Å². The van der Waals surface area contributed by atoms with Crippen LogP contribution < -0.4 is 10.9 Å². The maximum atomic E-state index is 13.2. The Morgan fingerprint density at radius 1 is 1.54 bits per heavy atom. The Kier molecular flexibility index (Phi) is 6.99. The number of hydrogen-bond donors (Lipinski definition) is 1. The van der Waals surface area contributed by atoms with Gasteiger partial charge in [-0.3, -0.25) is 14.2 Å². The predicted octanol–water partition coefficient (Wildman–Crippen LogP) is 4.17. The van der Waals surface area contributed by atoms with Crippen molar-refractivity contribution in [2.24, 2.45) is 5.92 Å². The van der Waals surface area contributed by atoms with Gasteiger partial charge >= 0.3 is 0 Å². The first kappa shape index (κ1) is 21.1. The molecular weight excluding hydrogens is 390 g/mol. The summed E-state index contributed by atoms with van der Waals surface area (Å²) in [5, 5.41) is 4.38. The van der Waals surface area contributed by atoms with Crippen molar-refractivity contribution < 1.29 is 4.79 Å². The molecule has 2 unspecified atom stereocenters. The highest BCUT2D eigenvalue weighted by Crippen LogP contribution is 2.36. The second-order valence-corrected chi connectivity index (χ2v) is 9.70. The maximum absolute atomic E-state index is 13.2. The number of fused-ring (bicyclic) bond motifs is 3. The zero-order valence-electron chi connectivity index (χ0n) is 16.9. The van der Waals surface area contributed by atoms with Gasteiger partial charge in [-0.2, -0.15) is 0 Å². The van der Waals surface area contributed by atoms with Gasteiger partial charge in [0.2, 0.25) is 5.91 Å². The molecule has 2 atom stereocenters. The number of aromatic nitrogens is 2. The van der Waals surface area contributed by atoms with Gasteiger partial charge in [-0.25, -0.2) is 4.98 Å². The van der Waals surface area contributed by atoms with Crippen LogP contribution in [0, 0.1) is 5.92 Å². The Morgan fingerprint density at radius 3 is 3.04 bits per heavy atom. The van der Waals surface area contributed by atoms with E-state index in [1.54, 1.807) is 22.0 Å². The molecule has 0 radical (unpaired) electrons. The summed E-state index contributed by atoms with van der Waals surface area (Å²) < 4.78 is 1.66. The molecule has 0 aromatic carbocycles. The van der Waals surface area contributed by atoms with Gasteiger partial charge in [0.25, 0.3) is 5.56 Å². The monoisotopic (exact) mass is 419 g/mol. The molecule has 28 heavy (non-hydrogen) atoms. The van der Waals surface area contributed by atoms with E-state index in [1.807, 2.05) is 6.92 Å². The number of nitrogens with zero attached hydrogens (tertiary/aromatic N) is 2. The molecular formula is C21H29N3O2S2. The first-order chi connectivity index (χ1) is 13.4. The largest absolute Gasteiger partial charge is 0.353 e. The van der Waals surface area contributed by atoms with E-state index in [1.165, 1.54) is 22.2 Å². The van der Waals surface area contributed by atoms with Crippen LogP contribution in [-0.2, 0) is 24.2 Å². The van der Waals surface area contributed by atoms with Crippen molar-refractivity contribution in [2.75, 3.05) is 5.75 Å². The summed E-state index contributed by atoms with van der Waals surface area (Å²) in [5.41, 5.74) is 1.19. The summed E-state index contributed by atoms with van der Waals surface area (Å²) in [5.74, 6) is 0.883. The zero-order chi connectivity index (χ0) is 20.3. The van der Waals surface area contributed by atoms with Crippen molar-refractivity contribution in [3.63, 3.8) is 0 Å². The molecule has 1 N–H and O–H groups in total. The molecule has 1 aliphatic carbocycles. The SMILES string of the molecule is C=CCn1c(SCC(=O)NC(C)CCC)nc2sc3c(c2c1=O)CCC(C)C3. The fourth-order valence-electron chi connectivity index (χ4n) is 3.76. The Bertz CT molecular complexity index is 932. The maximum Gasteiger partial charge on any atom is 0.263 e. The Morgan fingerprint density at radius 2 is 2.32 bits per heavy atom. The number of aryl methyl sites for hydroxylation is 1. The topological polar surface area (TPSA) is 64.0 Å². The summed E-state index contributed by atoms with van der Waals surface area (Å²) in [4.78, 5) is 32.4. The number of rotatable bonds is 8. The third-order valence-electron chi connectivity index (χ3n) is 5.15. The van der Waals surface area contributed by atoms with Crippen LogP contribution in [0.3, 0.4) is 0 Å². The highest BCUT2D eigenvalue weighted by atomic mass is 32.2. The number of nitrogens with one attached hydrogen (secondary N) is 1. The van der Waals surface area contributed by atoms with Crippen LogP contribution in [0.5, 0.6) is 0 Å². The molecule has 5 nitrogen and oxygen atoms in total. The Labute approximate surface area is 174 Å². The number of allylic oxidation sites excluding steroid dienone is 1. The molecule has 3 rings (SSSR count). The average molecular weight is 420 g/mol. The van der Waals surface area contributed by atoms with E-state index in [-0.39, 0.29) is 23.3 Å². The fourth-order valence-corrected chi connectivity index (χ4v) is 6.00. The van der Waals surface area contributed by atoms with Gasteiger partial charge in [-0.1, -0.05) is 38.1 Å². The van der Waals surface area contributed by atoms with Gasteiger partial charge in [0.05, 0.1) is 11.1 Å². The fraction of sp³-hybridized carbons (Fsp3) is 0.571. The van der Waals surface area contributed by atoms with Crippen molar-refractivity contribution in [3.8, 4) is 0 Å². The lowest BCUT2D eigenvalue weighted by Gasteiger charge is -2.17. The van der Waals surface area contributed by atoms with Gasteiger partial charge in [0.1, 0.15) is 4.83 Å². The van der Waals surface area contributed by atoms with Crippen molar-refractivity contribution >= 4 is 39.2 Å². The lowest BCUT2D eigenvalue weighted by atomic mass is 9.89. The Balaban J connectivity index is 1.89. The first-order valence-corrected chi connectivity index (χ1v) is 11.8. The van der Waals surface area contributed by atoms with Crippen LogP contribution in [0.1, 0.15) is 50.5 Å². The van der Waals surface area contributed by atoms with Crippen LogP contribution in [0.15, 0.2) is 22.6 Å². The molecule has 0 saturated heterocycles. The first-order valence-electron chi connectivity index (χ1n) is 10.0. The number of carbonyl (C=O) groups is 1. The van der Waals surface area contributed by atoms with Gasteiger partial charge < -0.3 is 5.32 Å². The average Bonchev–Trinajstić information content (AvgIpc) is 3.00. The van der Waals surface area contributed by atoms with Gasteiger partial charge in [-0.05, 0) is 44.1 Å². The van der Waals surface area contributed by atoms with E-state index in [9.17, 15) is 9.59 Å². The number of amides is 1. The van der Waals surface area contributed by atoms with E-state index in [0.29, 0.717) is 17.6 Å². The Hall–Kier alpha value is -1.60. The number of carbonyl (C=O) groups excluding carboxylic acids is 1. The number of hydrogen-bond acceptors (Lipinski definition) is 5. The van der Waals surface area contributed by atoms with Crippen molar-refractivity contribution in [1.82, 2.24) is 14.9 Å². The quantitative estimate of drug-likeness (QED) is 0.396. The molecule has 0 spiro atoms. The molecule has 0 fully saturated rings. The second kappa shape index (κ2) is 9.27. The third kappa shape index (κ3) is 4.51. The lowest BCUT2D eigenvalue weighted by molar-refractivity contribution is -0.119. The second-order valence-electron chi connectivity index (χ2n) is 7.68. The summed E-state index contributed by atoms with van der Waals surface area (Å²) in [6, 6.07) is 0.162. The molecule has 0 saturated carbocycles. The van der Waals surface area contributed by atoms with E-state index in [0.717, 1.165) is 42.3 Å². The lowest BCUT2D eigenvalue weighted by Crippen LogP contribution is -2.34. The summed E-state index contributed by atoms with van der Waals surface area (Å²) in [7, 11) is 0. The smallest absolute Gasteiger partial charge is 0.263 e. The minimum atomic E-state index is -0.0234. The van der Waals surface area contributed by atoms with E-state index in [2.05, 4.69) is 25.7 Å². The standard InChI is InChI=1S/C21H29N3O2S2/c1-5-7-14(4)22-17(25)12-27-21-23-19-18(20(26)24(21)10-6-2)15-9-8-13(3)11-16(15)28-19/h6,13-14H,2,5,7-12H2,1,3-4H3,(H,22,25). The highest BCUT2D eigenvalue weighted by molar-refractivity contribution is 7.99. The zero-order valence-corrected chi connectivity index (χ0v) is 18.5. The predicted molar refractivity (Wildman–Crippen MR) is 119 cm³/mol. The molecule has 2 aromatic rings. The molecule has 1 amide bonds. The molecule has 1 aliphatic rings. The third-order valence-corrected chi connectivity index (χ3v) is 7.28. The highest BCUT2D eigenvalue weighted by Gasteiger charge is 2.24. The molecule has 0 bridgehead atoms. The van der Waals surface area contributed by atoms with Crippen LogP contribution in [0.2, 0.25) is 0 Å². The molecule has 7 heteroatoms.